The Morgan fingerprint density at radius 2 is 2.12 bits per heavy atom. The molecule has 138 valence electrons. The van der Waals surface area contributed by atoms with Gasteiger partial charge in [-0.15, -0.1) is 0 Å². The summed E-state index contributed by atoms with van der Waals surface area (Å²) in [5.41, 5.74) is 0.934. The predicted molar refractivity (Wildman–Crippen MR) is 98.1 cm³/mol. The molecule has 1 aliphatic heterocycles. The molecule has 4 nitrogen and oxygen atoms in total. The molecule has 0 aliphatic carbocycles. The summed E-state index contributed by atoms with van der Waals surface area (Å²) in [6.07, 6.45) is 5.81. The Morgan fingerprint density at radius 1 is 1.36 bits per heavy atom. The molecule has 0 radical (unpaired) electrons. The fraction of sp³-hybridized carbons (Fsp3) is 0.550. The van der Waals surface area contributed by atoms with E-state index in [4.69, 9.17) is 14.2 Å². The lowest BCUT2D eigenvalue weighted by Gasteiger charge is -2.20. The van der Waals surface area contributed by atoms with Gasteiger partial charge in [0.25, 0.3) is 0 Å². The van der Waals surface area contributed by atoms with Crippen LogP contribution in [0.15, 0.2) is 35.0 Å². The Labute approximate surface area is 149 Å². The summed E-state index contributed by atoms with van der Waals surface area (Å²) in [6, 6.07) is 4.62. The van der Waals surface area contributed by atoms with Crippen LogP contribution in [0.5, 0.6) is 11.5 Å². The van der Waals surface area contributed by atoms with E-state index in [-0.39, 0.29) is 5.75 Å². The Bertz CT molecular complexity index is 607. The molecule has 0 spiro atoms. The molecule has 1 fully saturated rings. The summed E-state index contributed by atoms with van der Waals surface area (Å²) >= 11 is 0. The molecule has 5 heteroatoms. The molecular weight excluding hydrogens is 321 g/mol. The van der Waals surface area contributed by atoms with Gasteiger partial charge in [-0.25, -0.2) is 4.39 Å². The maximum Gasteiger partial charge on any atom is 0.168 e. The highest BCUT2D eigenvalue weighted by Crippen LogP contribution is 2.24. The van der Waals surface area contributed by atoms with E-state index < -0.39 is 5.82 Å². The number of ether oxygens (including phenoxy) is 3. The second kappa shape index (κ2) is 10.2. The zero-order valence-electron chi connectivity index (χ0n) is 15.4. The quantitative estimate of drug-likeness (QED) is 0.501. The molecule has 0 aromatic heterocycles. The maximum absolute atomic E-state index is 13.8. The fourth-order valence-corrected chi connectivity index (χ4v) is 2.74. The van der Waals surface area contributed by atoms with Crippen LogP contribution in [0, 0.1) is 11.7 Å². The molecule has 1 saturated heterocycles. The third-order valence-electron chi connectivity index (χ3n) is 4.18. The number of hydrogen-bond acceptors (Lipinski definition) is 4. The molecule has 0 saturated carbocycles. The fourth-order valence-electron chi connectivity index (χ4n) is 2.74. The topological polar surface area (TPSA) is 40.0 Å². The van der Waals surface area contributed by atoms with Crippen molar-refractivity contribution in [3.63, 3.8) is 0 Å². The Balaban J connectivity index is 2.02. The van der Waals surface area contributed by atoms with Gasteiger partial charge in [-0.1, -0.05) is 6.92 Å². The average molecular weight is 349 g/mol. The Kier molecular flexibility index (Phi) is 7.92. The van der Waals surface area contributed by atoms with Gasteiger partial charge in [-0.05, 0) is 50.3 Å². The highest BCUT2D eigenvalue weighted by Gasteiger charge is 2.13. The summed E-state index contributed by atoms with van der Waals surface area (Å²) in [6.45, 7) is 6.56. The lowest BCUT2D eigenvalue weighted by atomic mass is 10.0. The van der Waals surface area contributed by atoms with Gasteiger partial charge in [-0.3, -0.25) is 4.99 Å². The Hall–Kier alpha value is -1.88. The highest BCUT2D eigenvalue weighted by molar-refractivity contribution is 5.93. The normalized spacial score (nSPS) is 16.8. The molecular formula is C20H28FNO3. The molecule has 0 unspecified atom stereocenters. The third kappa shape index (κ3) is 6.50. The number of methoxy groups -OCH3 is 1. The van der Waals surface area contributed by atoms with E-state index in [2.05, 4.69) is 11.9 Å². The first-order chi connectivity index (χ1) is 12.1. The molecule has 0 atom stereocenters. The number of halogens is 1. The summed E-state index contributed by atoms with van der Waals surface area (Å²) in [4.78, 5) is 4.67. The molecule has 0 N–H and O–H groups in total. The van der Waals surface area contributed by atoms with Crippen LogP contribution >= 0.6 is 0 Å². The lowest BCUT2D eigenvalue weighted by molar-refractivity contribution is 0.0689. The minimum absolute atomic E-state index is 0.211. The van der Waals surface area contributed by atoms with Gasteiger partial charge in [0.1, 0.15) is 11.5 Å². The van der Waals surface area contributed by atoms with Crippen molar-refractivity contribution in [1.29, 1.82) is 0 Å². The van der Waals surface area contributed by atoms with Crippen LogP contribution in [0.4, 0.5) is 4.39 Å². The Morgan fingerprint density at radius 3 is 2.76 bits per heavy atom. The third-order valence-corrected chi connectivity index (χ3v) is 4.18. The van der Waals surface area contributed by atoms with E-state index in [1.54, 1.807) is 12.1 Å². The molecule has 1 heterocycles. The number of nitrogens with zero attached hydrogens (tertiary/aromatic N) is 1. The molecule has 0 bridgehead atoms. The van der Waals surface area contributed by atoms with E-state index in [9.17, 15) is 4.39 Å². The van der Waals surface area contributed by atoms with Gasteiger partial charge in [0.05, 0.1) is 7.11 Å². The number of aliphatic imine (C=N–C) groups is 1. The lowest BCUT2D eigenvalue weighted by Crippen LogP contribution is -2.18. The summed E-state index contributed by atoms with van der Waals surface area (Å²) in [5, 5.41) is 0. The molecule has 0 amide bonds. The van der Waals surface area contributed by atoms with Crippen LogP contribution in [0.3, 0.4) is 0 Å². The smallest absolute Gasteiger partial charge is 0.168 e. The number of hydrogen-bond donors (Lipinski definition) is 0. The second-order valence-electron chi connectivity index (χ2n) is 6.30. The van der Waals surface area contributed by atoms with Crippen LogP contribution in [-0.2, 0) is 4.74 Å². The zero-order chi connectivity index (χ0) is 18.1. The van der Waals surface area contributed by atoms with Crippen molar-refractivity contribution in [3.05, 3.63) is 35.9 Å². The van der Waals surface area contributed by atoms with Crippen LogP contribution in [0.2, 0.25) is 0 Å². The standard InChI is InChI=1S/C20H28FNO3/c1-4-5-17(25-18-6-7-20(23-3)19(21)13-18)12-15(2)22-14-16-8-10-24-11-9-16/h6-7,12-13,16H,4-5,8-11,14H2,1-3H3/b17-12+,22-15?. The second-order valence-corrected chi connectivity index (χ2v) is 6.30. The minimum atomic E-state index is -0.430. The van der Waals surface area contributed by atoms with Crippen molar-refractivity contribution < 1.29 is 18.6 Å². The van der Waals surface area contributed by atoms with Crippen molar-refractivity contribution in [1.82, 2.24) is 0 Å². The van der Waals surface area contributed by atoms with Crippen molar-refractivity contribution in [3.8, 4) is 11.5 Å². The van der Waals surface area contributed by atoms with Crippen molar-refractivity contribution in [2.75, 3.05) is 26.9 Å². The molecule has 1 aromatic rings. The number of allylic oxidation sites excluding steroid dienone is 2. The predicted octanol–water partition coefficient (Wildman–Crippen LogP) is 4.78. The highest BCUT2D eigenvalue weighted by atomic mass is 19.1. The first-order valence-corrected chi connectivity index (χ1v) is 8.93. The van der Waals surface area contributed by atoms with Crippen molar-refractivity contribution in [2.24, 2.45) is 10.9 Å². The zero-order valence-corrected chi connectivity index (χ0v) is 15.4. The van der Waals surface area contributed by atoms with Crippen LogP contribution in [-0.4, -0.2) is 32.6 Å². The van der Waals surface area contributed by atoms with Crippen LogP contribution in [0.25, 0.3) is 0 Å². The van der Waals surface area contributed by atoms with Crippen LogP contribution < -0.4 is 9.47 Å². The monoisotopic (exact) mass is 349 g/mol. The molecule has 1 aliphatic rings. The summed E-state index contributed by atoms with van der Waals surface area (Å²) in [5.74, 6) is 1.64. The first-order valence-electron chi connectivity index (χ1n) is 8.93. The van der Waals surface area contributed by atoms with E-state index in [1.807, 2.05) is 13.0 Å². The van der Waals surface area contributed by atoms with Gasteiger partial charge in [0.2, 0.25) is 0 Å². The minimum Gasteiger partial charge on any atom is -0.494 e. The van der Waals surface area contributed by atoms with E-state index in [0.717, 1.165) is 56.9 Å². The summed E-state index contributed by atoms with van der Waals surface area (Å²) < 4.78 is 30.0. The van der Waals surface area contributed by atoms with Gasteiger partial charge in [0, 0.05) is 38.0 Å². The van der Waals surface area contributed by atoms with Crippen molar-refractivity contribution in [2.45, 2.75) is 39.5 Å². The van der Waals surface area contributed by atoms with Gasteiger partial charge >= 0.3 is 0 Å². The average Bonchev–Trinajstić information content (AvgIpc) is 2.61. The number of benzene rings is 1. The molecule has 1 aromatic carbocycles. The number of rotatable bonds is 8. The molecule has 2 rings (SSSR count). The maximum atomic E-state index is 13.8. The SMILES string of the molecule is CCC/C(=C\C(C)=NCC1CCOCC1)Oc1ccc(OC)c(F)c1. The first kappa shape index (κ1) is 19.4. The van der Waals surface area contributed by atoms with Crippen LogP contribution in [0.1, 0.15) is 39.5 Å². The van der Waals surface area contributed by atoms with Gasteiger partial charge < -0.3 is 14.2 Å². The van der Waals surface area contributed by atoms with Crippen molar-refractivity contribution >= 4 is 5.71 Å². The largest absolute Gasteiger partial charge is 0.494 e. The van der Waals surface area contributed by atoms with Gasteiger partial charge in [0.15, 0.2) is 11.6 Å². The van der Waals surface area contributed by atoms with Gasteiger partial charge in [-0.2, -0.15) is 0 Å². The van der Waals surface area contributed by atoms with E-state index >= 15 is 0 Å². The summed E-state index contributed by atoms with van der Waals surface area (Å²) in [7, 11) is 1.44. The molecule has 25 heavy (non-hydrogen) atoms. The van der Waals surface area contributed by atoms with E-state index in [1.165, 1.54) is 13.2 Å². The van der Waals surface area contributed by atoms with E-state index in [0.29, 0.717) is 11.7 Å².